The Kier molecular flexibility index (Phi) is 8.14. The Morgan fingerprint density at radius 3 is 2.45 bits per heavy atom. The lowest BCUT2D eigenvalue weighted by molar-refractivity contribution is 0.409. The minimum atomic E-state index is -3.12. The van der Waals surface area contributed by atoms with Crippen LogP contribution in [0.1, 0.15) is 38.3 Å². The highest BCUT2D eigenvalue weighted by Gasteiger charge is 2.15. The summed E-state index contributed by atoms with van der Waals surface area (Å²) in [6.45, 7) is 5.67. The minimum absolute atomic E-state index is 0.137. The van der Waals surface area contributed by atoms with E-state index < -0.39 is 10.0 Å². The molecule has 0 saturated heterocycles. The number of hydrogen-bond acceptors (Lipinski definition) is 3. The molecule has 7 heteroatoms. The van der Waals surface area contributed by atoms with Gasteiger partial charge in [0.15, 0.2) is 0 Å². The number of rotatable bonds is 9. The summed E-state index contributed by atoms with van der Waals surface area (Å²) in [5.41, 5.74) is 1.02. The summed E-state index contributed by atoms with van der Waals surface area (Å²) in [7, 11) is -3.12. The number of sulfonamides is 1. The molecule has 0 radical (unpaired) electrons. The number of benzene rings is 1. The van der Waals surface area contributed by atoms with Crippen LogP contribution in [-0.4, -0.2) is 38.6 Å². The van der Waals surface area contributed by atoms with Crippen LogP contribution in [0.5, 0.6) is 0 Å². The molecule has 1 unspecified atom stereocenters. The Morgan fingerprint density at radius 2 is 1.95 bits per heavy atom. The lowest BCUT2D eigenvalue weighted by Gasteiger charge is -2.21. The van der Waals surface area contributed by atoms with Gasteiger partial charge in [-0.2, -0.15) is 0 Å². The first-order valence-electron chi connectivity index (χ1n) is 7.43. The van der Waals surface area contributed by atoms with Crippen molar-refractivity contribution in [2.24, 2.45) is 0 Å². The molecule has 1 aromatic carbocycles. The molecule has 0 spiro atoms. The maximum Gasteiger partial charge on any atom is 0.211 e. The molecule has 126 valence electrons. The Bertz CT molecular complexity index is 579. The van der Waals surface area contributed by atoms with Gasteiger partial charge in [0, 0.05) is 29.2 Å². The van der Waals surface area contributed by atoms with E-state index in [0.29, 0.717) is 23.1 Å². The fraction of sp³-hybridized carbons (Fsp3) is 0.600. The molecule has 22 heavy (non-hydrogen) atoms. The van der Waals surface area contributed by atoms with Crippen molar-refractivity contribution in [1.29, 1.82) is 0 Å². The predicted octanol–water partition coefficient (Wildman–Crippen LogP) is 3.71. The van der Waals surface area contributed by atoms with Gasteiger partial charge in [-0.05, 0) is 37.1 Å². The van der Waals surface area contributed by atoms with E-state index in [4.69, 9.17) is 23.2 Å². The zero-order valence-electron chi connectivity index (χ0n) is 13.3. The second kappa shape index (κ2) is 9.08. The second-order valence-corrected chi connectivity index (χ2v) is 8.02. The smallest absolute Gasteiger partial charge is 0.211 e. The number of nitrogens with zero attached hydrogens (tertiary/aromatic N) is 1. The molecule has 0 aliphatic heterocycles. The Hall–Kier alpha value is -0.330. The third-order valence-corrected chi connectivity index (χ3v) is 5.48. The van der Waals surface area contributed by atoms with Crippen molar-refractivity contribution in [3.8, 4) is 0 Å². The van der Waals surface area contributed by atoms with E-state index in [0.717, 1.165) is 24.9 Å². The molecule has 0 saturated carbocycles. The molecule has 1 N–H and O–H groups in total. The van der Waals surface area contributed by atoms with E-state index in [1.165, 1.54) is 10.6 Å². The van der Waals surface area contributed by atoms with Crippen LogP contribution in [0, 0.1) is 0 Å². The standard InChI is InChI=1S/C15H24Cl2N2O2S/c1-4-15(13-8-7-12(16)11-14(13)17)18-9-6-10-19(5-2)22(3,20)21/h7-8,11,15,18H,4-6,9-10H2,1-3H3. The molecular weight excluding hydrogens is 343 g/mol. The zero-order valence-corrected chi connectivity index (χ0v) is 15.6. The van der Waals surface area contributed by atoms with Crippen molar-refractivity contribution in [2.75, 3.05) is 25.9 Å². The Balaban J connectivity index is 2.54. The van der Waals surface area contributed by atoms with E-state index in [-0.39, 0.29) is 6.04 Å². The van der Waals surface area contributed by atoms with Crippen molar-refractivity contribution in [3.63, 3.8) is 0 Å². The van der Waals surface area contributed by atoms with E-state index in [9.17, 15) is 8.42 Å². The summed E-state index contributed by atoms with van der Waals surface area (Å²) in [5.74, 6) is 0. The van der Waals surface area contributed by atoms with Gasteiger partial charge in [0.2, 0.25) is 10.0 Å². The molecular formula is C15H24Cl2N2O2S. The average Bonchev–Trinajstić information content (AvgIpc) is 2.42. The molecule has 0 aliphatic rings. The van der Waals surface area contributed by atoms with Gasteiger partial charge < -0.3 is 5.32 Å². The highest BCUT2D eigenvalue weighted by molar-refractivity contribution is 7.88. The highest BCUT2D eigenvalue weighted by atomic mass is 35.5. The van der Waals surface area contributed by atoms with Crippen LogP contribution < -0.4 is 5.32 Å². The summed E-state index contributed by atoms with van der Waals surface area (Å²) in [5, 5.41) is 4.70. The number of hydrogen-bond donors (Lipinski definition) is 1. The molecule has 0 aromatic heterocycles. The predicted molar refractivity (Wildman–Crippen MR) is 94.2 cm³/mol. The average molecular weight is 367 g/mol. The van der Waals surface area contributed by atoms with Gasteiger partial charge in [0.25, 0.3) is 0 Å². The first kappa shape index (κ1) is 19.7. The van der Waals surface area contributed by atoms with Gasteiger partial charge in [0.05, 0.1) is 6.26 Å². The molecule has 4 nitrogen and oxygen atoms in total. The number of halogens is 2. The zero-order chi connectivity index (χ0) is 16.8. The second-order valence-electron chi connectivity index (χ2n) is 5.19. The third kappa shape index (κ3) is 6.05. The van der Waals surface area contributed by atoms with Gasteiger partial charge in [0.1, 0.15) is 0 Å². The lowest BCUT2D eigenvalue weighted by atomic mass is 10.0. The van der Waals surface area contributed by atoms with Crippen molar-refractivity contribution in [2.45, 2.75) is 32.7 Å². The van der Waals surface area contributed by atoms with Gasteiger partial charge in [-0.25, -0.2) is 12.7 Å². The fourth-order valence-electron chi connectivity index (χ4n) is 2.35. The Labute approximate surface area is 143 Å². The van der Waals surface area contributed by atoms with Crippen LogP contribution in [0.25, 0.3) is 0 Å². The van der Waals surface area contributed by atoms with Gasteiger partial charge in [-0.1, -0.05) is 43.1 Å². The largest absolute Gasteiger partial charge is 0.310 e. The van der Waals surface area contributed by atoms with Crippen LogP contribution in [0.2, 0.25) is 10.0 Å². The lowest BCUT2D eigenvalue weighted by Crippen LogP contribution is -2.33. The maximum absolute atomic E-state index is 11.5. The van der Waals surface area contributed by atoms with Crippen LogP contribution in [-0.2, 0) is 10.0 Å². The van der Waals surface area contributed by atoms with E-state index in [1.54, 1.807) is 6.07 Å². The van der Waals surface area contributed by atoms with E-state index >= 15 is 0 Å². The maximum atomic E-state index is 11.5. The van der Waals surface area contributed by atoms with E-state index in [1.807, 2.05) is 19.1 Å². The monoisotopic (exact) mass is 366 g/mol. The van der Waals surface area contributed by atoms with Crippen molar-refractivity contribution in [1.82, 2.24) is 9.62 Å². The van der Waals surface area contributed by atoms with Crippen LogP contribution in [0.4, 0.5) is 0 Å². The number of nitrogens with one attached hydrogen (secondary N) is 1. The van der Waals surface area contributed by atoms with Gasteiger partial charge in [-0.15, -0.1) is 0 Å². The van der Waals surface area contributed by atoms with Crippen LogP contribution in [0.3, 0.4) is 0 Å². The first-order chi connectivity index (χ1) is 10.3. The van der Waals surface area contributed by atoms with Crippen molar-refractivity contribution >= 4 is 33.2 Å². The Morgan fingerprint density at radius 1 is 1.27 bits per heavy atom. The summed E-state index contributed by atoms with van der Waals surface area (Å²) >= 11 is 12.2. The first-order valence-corrected chi connectivity index (χ1v) is 10.0. The van der Waals surface area contributed by atoms with E-state index in [2.05, 4.69) is 12.2 Å². The van der Waals surface area contributed by atoms with Crippen LogP contribution >= 0.6 is 23.2 Å². The third-order valence-electron chi connectivity index (χ3n) is 3.54. The summed E-state index contributed by atoms with van der Waals surface area (Å²) in [6, 6.07) is 5.64. The highest BCUT2D eigenvalue weighted by Crippen LogP contribution is 2.27. The molecule has 0 aliphatic carbocycles. The molecule has 0 heterocycles. The normalized spacial score (nSPS) is 13.5. The van der Waals surface area contributed by atoms with Gasteiger partial charge in [-0.3, -0.25) is 0 Å². The molecule has 1 rings (SSSR count). The summed E-state index contributed by atoms with van der Waals surface area (Å²) < 4.78 is 24.5. The minimum Gasteiger partial charge on any atom is -0.310 e. The van der Waals surface area contributed by atoms with Crippen molar-refractivity contribution in [3.05, 3.63) is 33.8 Å². The van der Waals surface area contributed by atoms with Crippen LogP contribution in [0.15, 0.2) is 18.2 Å². The van der Waals surface area contributed by atoms with Gasteiger partial charge >= 0.3 is 0 Å². The fourth-order valence-corrected chi connectivity index (χ4v) is 3.82. The van der Waals surface area contributed by atoms with Crippen molar-refractivity contribution < 1.29 is 8.42 Å². The quantitative estimate of drug-likeness (QED) is 0.677. The molecule has 0 bridgehead atoms. The summed E-state index contributed by atoms with van der Waals surface area (Å²) in [6.07, 6.45) is 2.89. The molecule has 0 fully saturated rings. The summed E-state index contributed by atoms with van der Waals surface area (Å²) in [4.78, 5) is 0. The molecule has 0 amide bonds. The molecule has 1 atom stereocenters. The topological polar surface area (TPSA) is 49.4 Å². The SMILES string of the molecule is CCC(NCCCN(CC)S(C)(=O)=O)c1ccc(Cl)cc1Cl. The molecule has 1 aromatic rings.